The highest BCUT2D eigenvalue weighted by atomic mass is 35.5. The number of carbonyl (C=O) groups is 1. The van der Waals surface area contributed by atoms with Gasteiger partial charge < -0.3 is 25.2 Å². The number of nitrogens with two attached hydrogens (primary N) is 1. The van der Waals surface area contributed by atoms with E-state index in [2.05, 4.69) is 0 Å². The van der Waals surface area contributed by atoms with Crippen LogP contribution < -0.4 is 14.8 Å². The van der Waals surface area contributed by atoms with Gasteiger partial charge in [-0.1, -0.05) is 17.7 Å². The number of ether oxygens (including phenoxy) is 1. The minimum Gasteiger partial charge on any atom is -0.755 e. The lowest BCUT2D eigenvalue weighted by molar-refractivity contribution is 0.0694. The Kier molecular flexibility index (Phi) is 5.99. The standard InChI is InChI=1S/C18H15ClN2O6S2/c1-27-15-6-9(2-5-13(15)20)12-8-16(28-17(12)19)21(29(25)26)10-3-4-11(18(23)24)14(22)7-10/h2-8,22H,20H2,1H3,(H,23,24)(H,25,26)/p-1. The molecule has 0 amide bonds. The van der Waals surface area contributed by atoms with E-state index in [0.29, 0.717) is 26.9 Å². The number of benzene rings is 2. The molecule has 1 aromatic heterocycles. The number of nitrogen functional groups attached to an aromatic ring is 1. The molecule has 3 rings (SSSR count). The van der Waals surface area contributed by atoms with E-state index in [1.165, 1.54) is 13.2 Å². The molecule has 0 saturated carbocycles. The second-order valence-corrected chi connectivity index (χ2v) is 8.18. The van der Waals surface area contributed by atoms with Gasteiger partial charge in [-0.05, 0) is 35.9 Å². The first-order chi connectivity index (χ1) is 13.7. The molecule has 1 unspecified atom stereocenters. The van der Waals surface area contributed by atoms with Crippen LogP contribution in [0.4, 0.5) is 16.4 Å². The fourth-order valence-corrected chi connectivity index (χ4v) is 4.66. The topological polar surface area (TPSA) is 136 Å². The smallest absolute Gasteiger partial charge is 0.339 e. The molecule has 0 aliphatic heterocycles. The summed E-state index contributed by atoms with van der Waals surface area (Å²) in [6, 6.07) is 10.1. The fraction of sp³-hybridized carbons (Fsp3) is 0.0556. The SMILES string of the molecule is COc1cc(-c2cc(N(c3ccc(C(=O)O)c(O)c3)S(=O)[O-])sc2Cl)ccc1N. The normalized spacial score (nSPS) is 11.8. The molecular weight excluding hydrogens is 440 g/mol. The Morgan fingerprint density at radius 3 is 2.59 bits per heavy atom. The van der Waals surface area contributed by atoms with Crippen LogP contribution in [0.2, 0.25) is 4.34 Å². The maximum absolute atomic E-state index is 11.9. The van der Waals surface area contributed by atoms with Gasteiger partial charge in [-0.15, -0.1) is 11.3 Å². The maximum Gasteiger partial charge on any atom is 0.339 e. The Hall–Kier alpha value is -2.79. The molecule has 0 aliphatic rings. The fourth-order valence-electron chi connectivity index (χ4n) is 2.65. The molecular formula is C18H14ClN2O6S2-. The summed E-state index contributed by atoms with van der Waals surface area (Å²) in [6.45, 7) is 0. The summed E-state index contributed by atoms with van der Waals surface area (Å²) in [5.41, 5.74) is 7.21. The highest BCUT2D eigenvalue weighted by molar-refractivity contribution is 7.81. The van der Waals surface area contributed by atoms with Gasteiger partial charge in [-0.2, -0.15) is 0 Å². The molecule has 4 N–H and O–H groups in total. The number of halogens is 1. The number of phenols is 1. The van der Waals surface area contributed by atoms with Crippen molar-refractivity contribution in [1.82, 2.24) is 0 Å². The number of anilines is 3. The van der Waals surface area contributed by atoms with Gasteiger partial charge in [0.1, 0.15) is 26.4 Å². The third-order valence-electron chi connectivity index (χ3n) is 4.01. The Bertz CT molecular complexity index is 1120. The first-order valence-electron chi connectivity index (χ1n) is 7.92. The van der Waals surface area contributed by atoms with Crippen molar-refractivity contribution in [2.75, 3.05) is 17.1 Å². The minimum absolute atomic E-state index is 0.0557. The highest BCUT2D eigenvalue weighted by Crippen LogP contribution is 2.44. The second kappa shape index (κ2) is 8.29. The van der Waals surface area contributed by atoms with Gasteiger partial charge >= 0.3 is 5.97 Å². The van der Waals surface area contributed by atoms with E-state index in [-0.39, 0.29) is 16.3 Å². The van der Waals surface area contributed by atoms with Gasteiger partial charge in [0.25, 0.3) is 0 Å². The molecule has 11 heteroatoms. The zero-order chi connectivity index (χ0) is 21.3. The summed E-state index contributed by atoms with van der Waals surface area (Å²) in [6.07, 6.45) is 0. The number of aromatic carboxylic acids is 1. The molecule has 0 saturated heterocycles. The van der Waals surface area contributed by atoms with Crippen LogP contribution in [0, 0.1) is 0 Å². The number of thiophene rings is 1. The Morgan fingerprint density at radius 1 is 1.28 bits per heavy atom. The molecule has 152 valence electrons. The van der Waals surface area contributed by atoms with Crippen LogP contribution in [-0.4, -0.2) is 32.1 Å². The van der Waals surface area contributed by atoms with Crippen LogP contribution in [0.1, 0.15) is 10.4 Å². The van der Waals surface area contributed by atoms with Gasteiger partial charge in [-0.3, -0.25) is 8.51 Å². The molecule has 0 spiro atoms. The lowest BCUT2D eigenvalue weighted by Gasteiger charge is -2.25. The van der Waals surface area contributed by atoms with E-state index < -0.39 is 23.0 Å². The van der Waals surface area contributed by atoms with Gasteiger partial charge in [0, 0.05) is 11.6 Å². The number of hydrogen-bond acceptors (Lipinski definition) is 7. The largest absolute Gasteiger partial charge is 0.755 e. The monoisotopic (exact) mass is 453 g/mol. The van der Waals surface area contributed by atoms with E-state index >= 15 is 0 Å². The molecule has 8 nitrogen and oxygen atoms in total. The van der Waals surface area contributed by atoms with Gasteiger partial charge in [-0.25, -0.2) is 4.79 Å². The third kappa shape index (κ3) is 4.15. The lowest BCUT2D eigenvalue weighted by atomic mass is 10.1. The first-order valence-corrected chi connectivity index (χ1v) is 10.1. The van der Waals surface area contributed by atoms with Crippen molar-refractivity contribution in [3.63, 3.8) is 0 Å². The highest BCUT2D eigenvalue weighted by Gasteiger charge is 2.20. The molecule has 3 aromatic rings. The number of hydrogen-bond donors (Lipinski definition) is 3. The van der Waals surface area contributed by atoms with Crippen molar-refractivity contribution < 1.29 is 28.5 Å². The van der Waals surface area contributed by atoms with Crippen LogP contribution in [0.25, 0.3) is 11.1 Å². The van der Waals surface area contributed by atoms with Crippen molar-refractivity contribution in [3.8, 4) is 22.6 Å². The van der Waals surface area contributed by atoms with Crippen molar-refractivity contribution in [2.45, 2.75) is 0 Å². The summed E-state index contributed by atoms with van der Waals surface area (Å²) >= 11 is 4.58. The van der Waals surface area contributed by atoms with E-state index in [4.69, 9.17) is 27.2 Å². The van der Waals surface area contributed by atoms with Crippen molar-refractivity contribution in [3.05, 3.63) is 52.4 Å². The molecule has 2 aromatic carbocycles. The average molecular weight is 454 g/mol. The zero-order valence-electron chi connectivity index (χ0n) is 14.8. The predicted molar refractivity (Wildman–Crippen MR) is 112 cm³/mol. The number of aromatic hydroxyl groups is 1. The van der Waals surface area contributed by atoms with Gasteiger partial charge in [0.15, 0.2) is 0 Å². The summed E-state index contributed by atoms with van der Waals surface area (Å²) in [4.78, 5) is 11.1. The van der Waals surface area contributed by atoms with Crippen LogP contribution in [0.3, 0.4) is 0 Å². The second-order valence-electron chi connectivity index (χ2n) is 5.75. The number of methoxy groups -OCH3 is 1. The van der Waals surface area contributed by atoms with Crippen LogP contribution in [-0.2, 0) is 11.3 Å². The molecule has 0 bridgehead atoms. The molecule has 0 radical (unpaired) electrons. The Labute approximate surface area is 177 Å². The van der Waals surface area contributed by atoms with Crippen LogP contribution >= 0.6 is 22.9 Å². The maximum atomic E-state index is 11.9. The number of carboxylic acid groups (broad SMARTS) is 1. The van der Waals surface area contributed by atoms with Crippen LogP contribution in [0.5, 0.6) is 11.5 Å². The van der Waals surface area contributed by atoms with Crippen molar-refractivity contribution in [1.29, 1.82) is 0 Å². The molecule has 0 fully saturated rings. The summed E-state index contributed by atoms with van der Waals surface area (Å²) in [5, 5.41) is 19.2. The van der Waals surface area contributed by atoms with Gasteiger partial charge in [0.05, 0.1) is 29.8 Å². The zero-order valence-corrected chi connectivity index (χ0v) is 17.2. The predicted octanol–water partition coefficient (Wildman–Crippen LogP) is 4.00. The van der Waals surface area contributed by atoms with E-state index in [1.807, 2.05) is 0 Å². The third-order valence-corrected chi connectivity index (χ3v) is 6.18. The van der Waals surface area contributed by atoms with Crippen molar-refractivity contribution in [2.24, 2.45) is 0 Å². The number of rotatable bonds is 6. The van der Waals surface area contributed by atoms with E-state index in [0.717, 1.165) is 27.8 Å². The van der Waals surface area contributed by atoms with Crippen LogP contribution in [0.15, 0.2) is 42.5 Å². The minimum atomic E-state index is -2.76. The molecule has 0 aliphatic carbocycles. The Balaban J connectivity index is 2.07. The Morgan fingerprint density at radius 2 is 2.00 bits per heavy atom. The number of carboxylic acids is 1. The molecule has 29 heavy (non-hydrogen) atoms. The number of nitrogens with zero attached hydrogens (tertiary/aromatic N) is 1. The van der Waals surface area contributed by atoms with E-state index in [1.54, 1.807) is 24.3 Å². The lowest BCUT2D eigenvalue weighted by Crippen LogP contribution is -2.18. The summed E-state index contributed by atoms with van der Waals surface area (Å²) < 4.78 is 30.2. The first kappa shape index (κ1) is 20.9. The molecule has 1 atom stereocenters. The van der Waals surface area contributed by atoms with Crippen molar-refractivity contribution >= 4 is 56.5 Å². The quantitative estimate of drug-likeness (QED) is 0.379. The average Bonchev–Trinajstić information content (AvgIpc) is 3.02. The van der Waals surface area contributed by atoms with Gasteiger partial charge in [0.2, 0.25) is 0 Å². The summed E-state index contributed by atoms with van der Waals surface area (Å²) in [7, 11) is 1.48. The summed E-state index contributed by atoms with van der Waals surface area (Å²) in [5.74, 6) is -1.44. The van der Waals surface area contributed by atoms with E-state index in [9.17, 15) is 18.7 Å². The molecule has 1 heterocycles.